The monoisotopic (exact) mass is 712 g/mol. The molecule has 0 amide bonds. The molecule has 0 aliphatic carbocycles. The zero-order valence-corrected chi connectivity index (χ0v) is 30.1. The van der Waals surface area contributed by atoms with Crippen molar-refractivity contribution in [1.29, 1.82) is 0 Å². The van der Waals surface area contributed by atoms with E-state index in [9.17, 15) is 27.6 Å². The van der Waals surface area contributed by atoms with Crippen LogP contribution in [0.2, 0.25) is 0 Å². The molecule has 0 aliphatic heterocycles. The van der Waals surface area contributed by atoms with Gasteiger partial charge in [0, 0.05) is 0 Å². The summed E-state index contributed by atoms with van der Waals surface area (Å²) < 4.78 is 65.3. The van der Waals surface area contributed by atoms with Crippen LogP contribution >= 0.6 is 0 Å². The van der Waals surface area contributed by atoms with Gasteiger partial charge in [0.25, 0.3) is 0 Å². The highest BCUT2D eigenvalue weighted by molar-refractivity contribution is 5.93. The molecule has 0 saturated carbocycles. The number of hydrogen-bond donors (Lipinski definition) is 0. The summed E-state index contributed by atoms with van der Waals surface area (Å²) in [6.45, 7) is 6.43. The van der Waals surface area contributed by atoms with Gasteiger partial charge in [-0.2, -0.15) is 0 Å². The Kier molecular flexibility index (Phi) is 18.1. The summed E-state index contributed by atoms with van der Waals surface area (Å²) in [5.41, 5.74) is -0.496. The van der Waals surface area contributed by atoms with E-state index >= 15 is 0 Å². The van der Waals surface area contributed by atoms with Gasteiger partial charge in [0.15, 0.2) is 34.7 Å². The normalized spacial score (nSPS) is 11.6. The first-order chi connectivity index (χ1) is 24.6. The van der Waals surface area contributed by atoms with Crippen LogP contribution in [0.25, 0.3) is 0 Å². The number of halogens is 3. The number of esters is 3. The Balaban J connectivity index is 1.46. The van der Waals surface area contributed by atoms with E-state index in [0.717, 1.165) is 81.3 Å². The maximum atomic E-state index is 14.8. The van der Waals surface area contributed by atoms with E-state index in [-0.39, 0.29) is 28.5 Å². The molecule has 3 aromatic carbocycles. The van der Waals surface area contributed by atoms with Crippen molar-refractivity contribution in [1.82, 2.24) is 0 Å². The van der Waals surface area contributed by atoms with Crippen LogP contribution in [0.3, 0.4) is 0 Å². The summed E-state index contributed by atoms with van der Waals surface area (Å²) in [6, 6.07) is 9.79. The molecule has 10 heteroatoms. The molecular weight excluding hydrogens is 661 g/mol. The number of unbranched alkanes of at least 4 members (excludes halogenated alkanes) is 12. The van der Waals surface area contributed by atoms with E-state index in [0.29, 0.717) is 13.0 Å². The maximum absolute atomic E-state index is 14.8. The Morgan fingerprint density at radius 1 is 0.529 bits per heavy atom. The van der Waals surface area contributed by atoms with Crippen molar-refractivity contribution in [3.05, 3.63) is 88.7 Å². The van der Waals surface area contributed by atoms with Crippen LogP contribution in [0.1, 0.15) is 148 Å². The van der Waals surface area contributed by atoms with Gasteiger partial charge in [0.2, 0.25) is 0 Å². The summed E-state index contributed by atoms with van der Waals surface area (Å²) in [7, 11) is 0. The van der Waals surface area contributed by atoms with Crippen LogP contribution < -0.4 is 14.2 Å². The molecule has 0 radical (unpaired) electrons. The third-order valence-electron chi connectivity index (χ3n) is 8.44. The third-order valence-corrected chi connectivity index (χ3v) is 8.44. The van der Waals surface area contributed by atoms with Crippen molar-refractivity contribution in [2.75, 3.05) is 6.61 Å². The molecular formula is C41H51F3O7. The first kappa shape index (κ1) is 41.1. The Labute approximate surface area is 299 Å². The molecule has 1 unspecified atom stereocenters. The van der Waals surface area contributed by atoms with Crippen molar-refractivity contribution in [2.24, 2.45) is 0 Å². The molecule has 7 nitrogen and oxygen atoms in total. The van der Waals surface area contributed by atoms with Gasteiger partial charge in [0.1, 0.15) is 0 Å². The summed E-state index contributed by atoms with van der Waals surface area (Å²) in [5, 5.41) is 0. The lowest BCUT2D eigenvalue weighted by Gasteiger charge is -2.13. The molecule has 0 spiro atoms. The topological polar surface area (TPSA) is 88.1 Å². The highest BCUT2D eigenvalue weighted by Crippen LogP contribution is 2.25. The van der Waals surface area contributed by atoms with E-state index in [1.165, 1.54) is 63.1 Å². The van der Waals surface area contributed by atoms with E-state index < -0.39 is 46.9 Å². The number of rotatable bonds is 23. The smallest absolute Gasteiger partial charge is 0.343 e. The van der Waals surface area contributed by atoms with Crippen LogP contribution in [0.5, 0.6) is 17.2 Å². The third kappa shape index (κ3) is 14.4. The number of benzene rings is 3. The van der Waals surface area contributed by atoms with Gasteiger partial charge >= 0.3 is 17.9 Å². The molecule has 0 N–H and O–H groups in total. The SMILES string of the molecule is CCCCCCCCCCCCOc1ccc(C(=O)Oc2ccc(C(=O)Oc3ccc(C(=O)OC(C)CCCCCC)cc3F)cc2F)cc1F. The minimum Gasteiger partial charge on any atom is -0.491 e. The maximum Gasteiger partial charge on any atom is 0.343 e. The van der Waals surface area contributed by atoms with Gasteiger partial charge in [-0.15, -0.1) is 0 Å². The lowest BCUT2D eigenvalue weighted by Crippen LogP contribution is -2.16. The molecule has 51 heavy (non-hydrogen) atoms. The van der Waals surface area contributed by atoms with Crippen molar-refractivity contribution in [3.63, 3.8) is 0 Å². The summed E-state index contributed by atoms with van der Waals surface area (Å²) in [4.78, 5) is 37.7. The van der Waals surface area contributed by atoms with Crippen molar-refractivity contribution in [3.8, 4) is 17.2 Å². The van der Waals surface area contributed by atoms with Crippen molar-refractivity contribution in [2.45, 2.75) is 123 Å². The van der Waals surface area contributed by atoms with E-state index in [4.69, 9.17) is 18.9 Å². The van der Waals surface area contributed by atoms with Crippen LogP contribution in [0, 0.1) is 17.5 Å². The van der Waals surface area contributed by atoms with Crippen LogP contribution in [-0.4, -0.2) is 30.6 Å². The highest BCUT2D eigenvalue weighted by atomic mass is 19.1. The Morgan fingerprint density at radius 2 is 0.922 bits per heavy atom. The average Bonchev–Trinajstić information content (AvgIpc) is 3.11. The molecule has 3 rings (SSSR count). The Bertz CT molecular complexity index is 1560. The second-order valence-electron chi connectivity index (χ2n) is 12.8. The molecule has 0 saturated heterocycles. The van der Waals surface area contributed by atoms with Gasteiger partial charge < -0.3 is 18.9 Å². The standard InChI is InChI=1S/C41H51F3O7/c1-4-6-8-10-11-12-13-14-15-17-25-48-36-22-19-31(26-33(36)42)40(46)50-38-24-21-32(28-35(38)44)41(47)51-37-23-20-30(27-34(37)43)39(45)49-29(3)18-16-9-7-5-2/h19-24,26-29H,4-18,25H2,1-3H3. The summed E-state index contributed by atoms with van der Waals surface area (Å²) in [5.74, 6) is -6.59. The Morgan fingerprint density at radius 3 is 1.37 bits per heavy atom. The number of hydrogen-bond acceptors (Lipinski definition) is 7. The molecule has 0 aliphatic rings. The fraction of sp³-hybridized carbons (Fsp3) is 0.488. The van der Waals surface area contributed by atoms with Gasteiger partial charge in [-0.3, -0.25) is 0 Å². The molecule has 278 valence electrons. The zero-order chi connectivity index (χ0) is 37.0. The second-order valence-corrected chi connectivity index (χ2v) is 12.8. The van der Waals surface area contributed by atoms with E-state index in [1.807, 2.05) is 0 Å². The number of ether oxygens (including phenoxy) is 4. The van der Waals surface area contributed by atoms with Crippen molar-refractivity contribution >= 4 is 17.9 Å². The predicted octanol–water partition coefficient (Wildman–Crippen LogP) is 11.4. The van der Waals surface area contributed by atoms with Crippen LogP contribution in [0.4, 0.5) is 13.2 Å². The highest BCUT2D eigenvalue weighted by Gasteiger charge is 2.20. The molecule has 0 fully saturated rings. The fourth-order valence-corrected chi connectivity index (χ4v) is 5.42. The largest absolute Gasteiger partial charge is 0.491 e. The molecule has 0 heterocycles. The Hall–Kier alpha value is -4.34. The van der Waals surface area contributed by atoms with Gasteiger partial charge in [-0.05, 0) is 80.8 Å². The first-order valence-electron chi connectivity index (χ1n) is 18.3. The van der Waals surface area contributed by atoms with E-state index in [2.05, 4.69) is 13.8 Å². The molecule has 1 atom stereocenters. The summed E-state index contributed by atoms with van der Waals surface area (Å²) in [6.07, 6.45) is 16.2. The van der Waals surface area contributed by atoms with Gasteiger partial charge in [0.05, 0.1) is 29.4 Å². The molecule has 3 aromatic rings. The second kappa shape index (κ2) is 22.5. The fourth-order valence-electron chi connectivity index (χ4n) is 5.42. The summed E-state index contributed by atoms with van der Waals surface area (Å²) >= 11 is 0. The molecule has 0 bridgehead atoms. The van der Waals surface area contributed by atoms with Crippen LogP contribution in [-0.2, 0) is 4.74 Å². The minimum absolute atomic E-state index is 0.00490. The first-order valence-corrected chi connectivity index (χ1v) is 18.3. The van der Waals surface area contributed by atoms with Gasteiger partial charge in [-0.25, -0.2) is 27.6 Å². The van der Waals surface area contributed by atoms with Crippen LogP contribution in [0.15, 0.2) is 54.6 Å². The quantitative estimate of drug-likeness (QED) is 0.0549. The number of carbonyl (C=O) groups excluding carboxylic acids is 3. The lowest BCUT2D eigenvalue weighted by molar-refractivity contribution is 0.0318. The number of carbonyl (C=O) groups is 3. The van der Waals surface area contributed by atoms with E-state index in [1.54, 1.807) is 6.92 Å². The average molecular weight is 713 g/mol. The lowest BCUT2D eigenvalue weighted by atomic mass is 10.1. The van der Waals surface area contributed by atoms with Crippen molar-refractivity contribution < 1.29 is 46.5 Å². The molecule has 0 aromatic heterocycles. The predicted molar refractivity (Wildman–Crippen MR) is 190 cm³/mol. The zero-order valence-electron chi connectivity index (χ0n) is 30.1. The van der Waals surface area contributed by atoms with Gasteiger partial charge in [-0.1, -0.05) is 90.9 Å². The minimum atomic E-state index is -1.09.